The summed E-state index contributed by atoms with van der Waals surface area (Å²) in [6.07, 6.45) is 7.51. The summed E-state index contributed by atoms with van der Waals surface area (Å²) < 4.78 is 16.2. The number of hydrogen-bond acceptors (Lipinski definition) is 2. The molecule has 0 bridgehead atoms. The lowest BCUT2D eigenvalue weighted by Gasteiger charge is -2.12. The highest BCUT2D eigenvalue weighted by molar-refractivity contribution is 7.46. The SMILES string of the molecule is O=P(O)(O)Oc1cccc(C=Cc2ccccc2)c1C=Cc1ccccc1. The van der Waals surface area contributed by atoms with Gasteiger partial charge in [0.25, 0.3) is 0 Å². The second-order valence-corrected chi connectivity index (χ2v) is 6.99. The van der Waals surface area contributed by atoms with Crippen molar-refractivity contribution in [3.63, 3.8) is 0 Å². The van der Waals surface area contributed by atoms with Crippen molar-refractivity contribution >= 4 is 32.1 Å². The molecule has 0 spiro atoms. The van der Waals surface area contributed by atoms with Crippen molar-refractivity contribution in [3.8, 4) is 5.75 Å². The van der Waals surface area contributed by atoms with E-state index in [9.17, 15) is 14.4 Å². The first kappa shape index (κ1) is 18.9. The van der Waals surface area contributed by atoms with Gasteiger partial charge in [0.2, 0.25) is 0 Å². The normalized spacial score (nSPS) is 11.9. The fourth-order valence-corrected chi connectivity index (χ4v) is 3.00. The van der Waals surface area contributed by atoms with E-state index >= 15 is 0 Å². The van der Waals surface area contributed by atoms with Crippen molar-refractivity contribution in [2.24, 2.45) is 0 Å². The van der Waals surface area contributed by atoms with Crippen LogP contribution in [0.3, 0.4) is 0 Å². The van der Waals surface area contributed by atoms with E-state index in [0.29, 0.717) is 5.56 Å². The van der Waals surface area contributed by atoms with Crippen LogP contribution in [0.1, 0.15) is 22.3 Å². The molecule has 5 heteroatoms. The molecule has 0 fully saturated rings. The molecule has 0 aliphatic carbocycles. The van der Waals surface area contributed by atoms with Crippen molar-refractivity contribution in [3.05, 3.63) is 101 Å². The fraction of sp³-hybridized carbons (Fsp3) is 0. The number of benzene rings is 3. The molecule has 0 aromatic heterocycles. The summed E-state index contributed by atoms with van der Waals surface area (Å²) >= 11 is 0. The largest absolute Gasteiger partial charge is 0.524 e. The van der Waals surface area contributed by atoms with Crippen molar-refractivity contribution in [1.82, 2.24) is 0 Å². The van der Waals surface area contributed by atoms with Gasteiger partial charge in [0, 0.05) is 5.56 Å². The van der Waals surface area contributed by atoms with Gasteiger partial charge in [-0.25, -0.2) is 4.57 Å². The first-order valence-electron chi connectivity index (χ1n) is 8.36. The topological polar surface area (TPSA) is 66.8 Å². The zero-order valence-electron chi connectivity index (χ0n) is 14.5. The number of hydrogen-bond donors (Lipinski definition) is 2. The molecule has 4 nitrogen and oxygen atoms in total. The van der Waals surface area contributed by atoms with Crippen molar-refractivity contribution in [1.29, 1.82) is 0 Å². The smallest absolute Gasteiger partial charge is 0.404 e. The van der Waals surface area contributed by atoms with Gasteiger partial charge < -0.3 is 4.52 Å². The highest BCUT2D eigenvalue weighted by atomic mass is 31.2. The molecule has 0 amide bonds. The summed E-state index contributed by atoms with van der Waals surface area (Å²) in [4.78, 5) is 18.5. The Morgan fingerprint density at radius 1 is 0.667 bits per heavy atom. The van der Waals surface area contributed by atoms with Gasteiger partial charge in [-0.1, -0.05) is 97.1 Å². The molecule has 3 rings (SSSR count). The molecule has 3 aromatic carbocycles. The maximum absolute atomic E-state index is 11.3. The standard InChI is InChI=1S/C22H19O4P/c23-27(24,25)26-22-13-7-12-20(16-14-18-8-3-1-4-9-18)21(22)17-15-19-10-5-2-6-11-19/h1-17H,(H2,23,24,25). The third-order valence-electron chi connectivity index (χ3n) is 3.81. The summed E-state index contributed by atoms with van der Waals surface area (Å²) in [6, 6.07) is 24.6. The summed E-state index contributed by atoms with van der Waals surface area (Å²) in [5.74, 6) is 0.130. The van der Waals surface area contributed by atoms with Gasteiger partial charge in [0.15, 0.2) is 0 Å². The van der Waals surface area contributed by atoms with E-state index in [2.05, 4.69) is 0 Å². The van der Waals surface area contributed by atoms with Gasteiger partial charge >= 0.3 is 7.82 Å². The van der Waals surface area contributed by atoms with E-state index in [-0.39, 0.29) is 5.75 Å². The van der Waals surface area contributed by atoms with E-state index in [1.165, 1.54) is 0 Å². The number of phosphoric ester groups is 1. The summed E-state index contributed by atoms with van der Waals surface area (Å²) in [5.41, 5.74) is 3.38. The minimum absolute atomic E-state index is 0.130. The Morgan fingerprint density at radius 2 is 1.22 bits per heavy atom. The average molecular weight is 378 g/mol. The van der Waals surface area contributed by atoms with Crippen molar-refractivity contribution in [2.45, 2.75) is 0 Å². The van der Waals surface area contributed by atoms with Crippen LogP contribution in [0.5, 0.6) is 5.75 Å². The molecule has 0 saturated heterocycles. The van der Waals surface area contributed by atoms with Crippen LogP contribution in [-0.2, 0) is 4.57 Å². The highest BCUT2D eigenvalue weighted by Gasteiger charge is 2.18. The maximum atomic E-state index is 11.3. The second-order valence-electron chi connectivity index (χ2n) is 5.83. The Morgan fingerprint density at radius 3 is 1.78 bits per heavy atom. The monoisotopic (exact) mass is 378 g/mol. The van der Waals surface area contributed by atoms with E-state index in [0.717, 1.165) is 16.7 Å². The Hall–Kier alpha value is -2.91. The maximum Gasteiger partial charge on any atom is 0.524 e. The molecule has 27 heavy (non-hydrogen) atoms. The van der Waals surface area contributed by atoms with E-state index in [1.807, 2.05) is 85.0 Å². The van der Waals surface area contributed by atoms with E-state index in [1.54, 1.807) is 18.2 Å². The van der Waals surface area contributed by atoms with E-state index < -0.39 is 7.82 Å². The third-order valence-corrected chi connectivity index (χ3v) is 4.25. The minimum Gasteiger partial charge on any atom is -0.404 e. The predicted octanol–water partition coefficient (Wildman–Crippen LogP) is 5.50. The Bertz CT molecular complexity index is 989. The van der Waals surface area contributed by atoms with Crippen molar-refractivity contribution in [2.75, 3.05) is 0 Å². The zero-order valence-corrected chi connectivity index (χ0v) is 15.4. The molecule has 3 aromatic rings. The van der Waals surface area contributed by atoms with Crippen LogP contribution in [0, 0.1) is 0 Å². The fourth-order valence-electron chi connectivity index (χ4n) is 2.59. The van der Waals surface area contributed by atoms with Crippen LogP contribution in [0.15, 0.2) is 78.9 Å². The second kappa shape index (κ2) is 8.65. The van der Waals surface area contributed by atoms with Crippen LogP contribution >= 0.6 is 7.82 Å². The van der Waals surface area contributed by atoms with Crippen molar-refractivity contribution < 1.29 is 18.9 Å². The number of phosphoric acid groups is 1. The van der Waals surface area contributed by atoms with Gasteiger partial charge in [-0.3, -0.25) is 9.79 Å². The Balaban J connectivity index is 2.01. The van der Waals surface area contributed by atoms with Gasteiger partial charge in [0.05, 0.1) is 0 Å². The van der Waals surface area contributed by atoms with Crippen LogP contribution < -0.4 is 4.52 Å². The molecule has 0 unspecified atom stereocenters. The van der Waals surface area contributed by atoms with Gasteiger partial charge in [-0.15, -0.1) is 0 Å². The quantitative estimate of drug-likeness (QED) is 0.439. The van der Waals surface area contributed by atoms with Crippen LogP contribution in [-0.4, -0.2) is 9.79 Å². The minimum atomic E-state index is -4.66. The summed E-state index contributed by atoms with van der Waals surface area (Å²) in [7, 11) is -4.66. The van der Waals surface area contributed by atoms with Crippen LogP contribution in [0.25, 0.3) is 24.3 Å². The summed E-state index contributed by atoms with van der Waals surface area (Å²) in [6.45, 7) is 0. The van der Waals surface area contributed by atoms with Crippen LogP contribution in [0.4, 0.5) is 0 Å². The van der Waals surface area contributed by atoms with Gasteiger partial charge in [0.1, 0.15) is 5.75 Å². The Kier molecular flexibility index (Phi) is 6.05. The molecule has 0 radical (unpaired) electrons. The molecule has 0 saturated carbocycles. The lowest BCUT2D eigenvalue weighted by Crippen LogP contribution is -1.94. The molecule has 0 heterocycles. The van der Waals surface area contributed by atoms with E-state index in [4.69, 9.17) is 4.52 Å². The molecular formula is C22H19O4P. The molecule has 0 atom stereocenters. The average Bonchev–Trinajstić information content (AvgIpc) is 2.66. The Labute approximate surface area is 158 Å². The summed E-state index contributed by atoms with van der Waals surface area (Å²) in [5, 5.41) is 0. The number of rotatable bonds is 6. The molecule has 0 aliphatic rings. The van der Waals surface area contributed by atoms with Gasteiger partial charge in [-0.2, -0.15) is 0 Å². The molecule has 136 valence electrons. The van der Waals surface area contributed by atoms with Crippen LogP contribution in [0.2, 0.25) is 0 Å². The molecule has 0 aliphatic heterocycles. The highest BCUT2D eigenvalue weighted by Crippen LogP contribution is 2.40. The third kappa shape index (κ3) is 5.80. The lowest BCUT2D eigenvalue weighted by atomic mass is 10.0. The molecule has 2 N–H and O–H groups in total. The lowest BCUT2D eigenvalue weighted by molar-refractivity contribution is 0.283. The first-order valence-corrected chi connectivity index (χ1v) is 9.89. The zero-order chi connectivity index (χ0) is 19.1. The predicted molar refractivity (Wildman–Crippen MR) is 110 cm³/mol. The molecular weight excluding hydrogens is 359 g/mol. The van der Waals surface area contributed by atoms with Gasteiger partial charge in [-0.05, 0) is 22.8 Å². The first-order chi connectivity index (χ1) is 13.0.